The Balaban J connectivity index is 1.40. The van der Waals surface area contributed by atoms with Crippen LogP contribution in [-0.4, -0.2) is 40.8 Å². The fraction of sp³-hybridized carbons (Fsp3) is 0.538. The zero-order valence-electron chi connectivity index (χ0n) is 29.2. The number of hydrogen-bond donors (Lipinski definition) is 0. The molecule has 10 heteroatoms. The van der Waals surface area contributed by atoms with Crippen molar-refractivity contribution in [2.24, 2.45) is 0 Å². The Hall–Kier alpha value is -3.95. The molecule has 0 aliphatic carbocycles. The number of esters is 2. The van der Waals surface area contributed by atoms with Crippen molar-refractivity contribution >= 4 is 11.9 Å². The summed E-state index contributed by atoms with van der Waals surface area (Å²) in [4.78, 5) is 34.1. The van der Waals surface area contributed by atoms with E-state index in [1.807, 2.05) is 0 Å². The summed E-state index contributed by atoms with van der Waals surface area (Å²) in [5.74, 6) is -0.480. The van der Waals surface area contributed by atoms with Crippen LogP contribution < -0.4 is 9.47 Å². The highest BCUT2D eigenvalue weighted by Crippen LogP contribution is 2.29. The van der Waals surface area contributed by atoms with Crippen molar-refractivity contribution in [3.63, 3.8) is 0 Å². The van der Waals surface area contributed by atoms with E-state index in [0.29, 0.717) is 35.7 Å². The lowest BCUT2D eigenvalue weighted by atomic mass is 10.1. The van der Waals surface area contributed by atoms with Crippen molar-refractivity contribution in [2.75, 3.05) is 6.61 Å². The van der Waals surface area contributed by atoms with Crippen molar-refractivity contribution < 1.29 is 37.0 Å². The lowest BCUT2D eigenvalue weighted by molar-refractivity contribution is -0.206. The topological polar surface area (TPSA) is 87.6 Å². The predicted octanol–water partition coefficient (Wildman–Crippen LogP) is 11.0. The van der Waals surface area contributed by atoms with E-state index in [2.05, 4.69) is 16.9 Å². The average molecular weight is 685 g/mol. The molecule has 0 fully saturated rings. The molecule has 49 heavy (non-hydrogen) atoms. The number of hydrogen-bond acceptors (Lipinski definition) is 7. The molecule has 1 heterocycles. The van der Waals surface area contributed by atoms with Gasteiger partial charge in [0.25, 0.3) is 0 Å². The first-order valence-corrected chi connectivity index (χ1v) is 17.8. The average Bonchev–Trinajstić information content (AvgIpc) is 3.08. The maximum Gasteiger partial charge on any atom is 0.425 e. The quantitative estimate of drug-likeness (QED) is 0.0591. The van der Waals surface area contributed by atoms with Gasteiger partial charge in [-0.2, -0.15) is 13.2 Å². The zero-order valence-corrected chi connectivity index (χ0v) is 29.2. The van der Waals surface area contributed by atoms with Gasteiger partial charge in [0.05, 0.1) is 30.1 Å². The van der Waals surface area contributed by atoms with Crippen LogP contribution in [0.5, 0.6) is 11.5 Å². The Labute approximate surface area is 289 Å². The molecule has 0 saturated carbocycles. The number of carbonyl (C=O) groups is 2. The molecule has 1 aromatic heterocycles. The fourth-order valence-electron chi connectivity index (χ4n) is 5.39. The first-order chi connectivity index (χ1) is 23.6. The summed E-state index contributed by atoms with van der Waals surface area (Å²) >= 11 is 0. The Morgan fingerprint density at radius 2 is 1.29 bits per heavy atom. The van der Waals surface area contributed by atoms with Crippen LogP contribution in [0.1, 0.15) is 136 Å². The number of aryl methyl sites for hydroxylation is 1. The molecule has 2 aromatic carbocycles. The van der Waals surface area contributed by atoms with E-state index in [1.165, 1.54) is 89.3 Å². The van der Waals surface area contributed by atoms with Gasteiger partial charge >= 0.3 is 18.1 Å². The van der Waals surface area contributed by atoms with Gasteiger partial charge in [-0.05, 0) is 62.1 Å². The number of aromatic nitrogens is 2. The number of nitrogens with zero attached hydrogens (tertiary/aromatic N) is 2. The highest BCUT2D eigenvalue weighted by atomic mass is 19.4. The summed E-state index contributed by atoms with van der Waals surface area (Å²) in [6.07, 6.45) is 12.4. The van der Waals surface area contributed by atoms with Crippen molar-refractivity contribution in [2.45, 2.75) is 129 Å². The summed E-state index contributed by atoms with van der Waals surface area (Å²) in [6, 6.07) is 10.6. The molecule has 0 aliphatic rings. The van der Waals surface area contributed by atoms with Crippen LogP contribution in [-0.2, 0) is 4.74 Å². The predicted molar refractivity (Wildman–Crippen MR) is 185 cm³/mol. The number of halogens is 3. The standard InChI is InChI=1S/C39H51F3N2O5/c1-4-6-8-9-10-11-12-13-14-15-16-17-25-47-33-27-43-36(44-28-33)30-19-21-31(22-20-30)37(45)48-32-23-24-34(29(3)26-32)38(46)49-35(18-7-5-2)39(40,41)42/h19-24,26-28,35H,4-18,25H2,1-3H3/t35-/m0/s1. The van der Waals surface area contributed by atoms with E-state index in [-0.39, 0.29) is 29.7 Å². The normalized spacial score (nSPS) is 12.0. The molecular weight excluding hydrogens is 633 g/mol. The summed E-state index contributed by atoms with van der Waals surface area (Å²) in [5.41, 5.74) is 1.27. The maximum absolute atomic E-state index is 13.3. The molecule has 268 valence electrons. The van der Waals surface area contributed by atoms with Gasteiger partial charge in [0.1, 0.15) is 5.75 Å². The minimum atomic E-state index is -4.65. The molecule has 0 aliphatic heterocycles. The van der Waals surface area contributed by atoms with E-state index in [4.69, 9.17) is 14.2 Å². The molecule has 0 radical (unpaired) electrons. The summed E-state index contributed by atoms with van der Waals surface area (Å²) in [5, 5.41) is 0. The molecular formula is C39H51F3N2O5. The van der Waals surface area contributed by atoms with Crippen LogP contribution in [0.15, 0.2) is 54.9 Å². The van der Waals surface area contributed by atoms with E-state index >= 15 is 0 Å². The van der Waals surface area contributed by atoms with Crippen LogP contribution >= 0.6 is 0 Å². The Kier molecular flexibility index (Phi) is 17.1. The third-order valence-electron chi connectivity index (χ3n) is 8.34. The fourth-order valence-corrected chi connectivity index (χ4v) is 5.39. The van der Waals surface area contributed by atoms with Gasteiger partial charge < -0.3 is 14.2 Å². The first kappa shape index (κ1) is 39.5. The lowest BCUT2D eigenvalue weighted by Gasteiger charge is -2.21. The van der Waals surface area contributed by atoms with Gasteiger partial charge in [-0.15, -0.1) is 0 Å². The summed E-state index contributed by atoms with van der Waals surface area (Å²) in [6.45, 7) is 6.17. The van der Waals surface area contributed by atoms with Gasteiger partial charge in [0.2, 0.25) is 0 Å². The molecule has 1 atom stereocenters. The third-order valence-corrected chi connectivity index (χ3v) is 8.34. The van der Waals surface area contributed by atoms with Crippen molar-refractivity contribution in [3.05, 3.63) is 71.5 Å². The van der Waals surface area contributed by atoms with Crippen LogP contribution in [0.2, 0.25) is 0 Å². The lowest BCUT2D eigenvalue weighted by Crippen LogP contribution is -2.34. The zero-order chi connectivity index (χ0) is 35.5. The van der Waals surface area contributed by atoms with Crippen molar-refractivity contribution in [1.29, 1.82) is 0 Å². The molecule has 3 aromatic rings. The van der Waals surface area contributed by atoms with E-state index < -0.39 is 24.2 Å². The van der Waals surface area contributed by atoms with Gasteiger partial charge in [-0.1, -0.05) is 103 Å². The monoisotopic (exact) mass is 684 g/mol. The molecule has 0 saturated heterocycles. The highest BCUT2D eigenvalue weighted by molar-refractivity contribution is 5.93. The van der Waals surface area contributed by atoms with Crippen LogP contribution in [0.3, 0.4) is 0 Å². The second-order valence-corrected chi connectivity index (χ2v) is 12.5. The molecule has 0 amide bonds. The molecule has 0 unspecified atom stereocenters. The maximum atomic E-state index is 13.3. The van der Waals surface area contributed by atoms with Crippen LogP contribution in [0.25, 0.3) is 11.4 Å². The second kappa shape index (κ2) is 21.2. The molecule has 0 spiro atoms. The van der Waals surface area contributed by atoms with Gasteiger partial charge in [-0.25, -0.2) is 19.6 Å². The third kappa shape index (κ3) is 14.2. The smallest absolute Gasteiger partial charge is 0.425 e. The molecule has 0 N–H and O–H groups in total. The second-order valence-electron chi connectivity index (χ2n) is 12.5. The van der Waals surface area contributed by atoms with Crippen LogP contribution in [0.4, 0.5) is 13.2 Å². The van der Waals surface area contributed by atoms with Gasteiger partial charge in [0.15, 0.2) is 17.7 Å². The van der Waals surface area contributed by atoms with E-state index in [1.54, 1.807) is 43.6 Å². The number of unbranched alkanes of at least 4 members (excludes halogenated alkanes) is 12. The van der Waals surface area contributed by atoms with Crippen molar-refractivity contribution in [1.82, 2.24) is 9.97 Å². The number of carbonyl (C=O) groups excluding carboxylic acids is 2. The Morgan fingerprint density at radius 3 is 1.84 bits per heavy atom. The minimum Gasteiger partial charge on any atom is -0.490 e. The number of alkyl halides is 3. The van der Waals surface area contributed by atoms with E-state index in [0.717, 1.165) is 12.8 Å². The van der Waals surface area contributed by atoms with E-state index in [9.17, 15) is 22.8 Å². The first-order valence-electron chi connectivity index (χ1n) is 17.8. The number of rotatable bonds is 22. The van der Waals surface area contributed by atoms with Gasteiger partial charge in [0, 0.05) is 5.56 Å². The molecule has 0 bridgehead atoms. The van der Waals surface area contributed by atoms with Crippen molar-refractivity contribution in [3.8, 4) is 22.9 Å². The summed E-state index contributed by atoms with van der Waals surface area (Å²) in [7, 11) is 0. The van der Waals surface area contributed by atoms with Crippen LogP contribution in [0, 0.1) is 6.92 Å². The van der Waals surface area contributed by atoms with Gasteiger partial charge in [-0.3, -0.25) is 0 Å². The Bertz CT molecular complexity index is 1410. The number of ether oxygens (including phenoxy) is 3. The molecule has 3 rings (SSSR count). The Morgan fingerprint density at radius 1 is 0.714 bits per heavy atom. The molecule has 7 nitrogen and oxygen atoms in total. The summed E-state index contributed by atoms with van der Waals surface area (Å²) < 4.78 is 56.0. The highest BCUT2D eigenvalue weighted by Gasteiger charge is 2.42. The number of benzene rings is 2. The minimum absolute atomic E-state index is 0.0318. The SMILES string of the molecule is CCCCCCCCCCCCCCOc1cnc(-c2ccc(C(=O)Oc3ccc(C(=O)O[C@@H](CCCC)C(F)(F)F)c(C)c3)cc2)nc1. The largest absolute Gasteiger partial charge is 0.490 e.